The van der Waals surface area contributed by atoms with Gasteiger partial charge in [-0.05, 0) is 4.92 Å². The average Bonchev–Trinajstić information content (AvgIpc) is 1.66. The fraction of sp³-hybridized carbons (Fsp3) is 0. The number of nitrogens with two attached hydrogens (primary N) is 1. The Hall–Kier alpha value is -1.39. The average molecular weight is 115 g/mol. The normalized spacial score (nSPS) is 11.0. The van der Waals surface area contributed by atoms with Gasteiger partial charge >= 0.3 is 6.34 Å². The number of rotatable bonds is 2. The van der Waals surface area contributed by atoms with Gasteiger partial charge in [-0.25, -0.2) is 0 Å². The van der Waals surface area contributed by atoms with Crippen molar-refractivity contribution in [2.75, 3.05) is 0 Å². The van der Waals surface area contributed by atoms with Crippen molar-refractivity contribution in [1.82, 2.24) is 0 Å². The van der Waals surface area contributed by atoms with Crippen LogP contribution in [-0.4, -0.2) is 11.3 Å². The molecule has 0 amide bonds. The third-order valence-electron chi connectivity index (χ3n) is 0.333. The number of aliphatic imine (C=N–C) groups is 1. The minimum absolute atomic E-state index is 0.559. The van der Waals surface area contributed by atoms with Gasteiger partial charge < -0.3 is 15.8 Å². The molecule has 44 valence electrons. The topological polar surface area (TPSA) is 81.5 Å². The fourth-order valence-corrected chi connectivity index (χ4v) is 0.143. The standard InChI is InChI=1S/C3H5N3O2/c4-1-2-5-3-6(7)8/h1-3H,4H2/b2-1+,5-3?. The van der Waals surface area contributed by atoms with Gasteiger partial charge in [-0.3, -0.25) is 0 Å². The molecule has 0 aromatic carbocycles. The first-order valence-corrected chi connectivity index (χ1v) is 1.81. The summed E-state index contributed by atoms with van der Waals surface area (Å²) < 4.78 is 0. The first-order valence-electron chi connectivity index (χ1n) is 1.81. The van der Waals surface area contributed by atoms with E-state index in [-0.39, 0.29) is 0 Å². The molecular weight excluding hydrogens is 110 g/mol. The lowest BCUT2D eigenvalue weighted by Gasteiger charge is -1.75. The Kier molecular flexibility index (Phi) is 3.13. The Labute approximate surface area is 45.7 Å². The van der Waals surface area contributed by atoms with Crippen LogP contribution in [0.15, 0.2) is 17.4 Å². The molecule has 0 aliphatic rings. The second-order valence-electron chi connectivity index (χ2n) is 0.891. The van der Waals surface area contributed by atoms with Crippen LogP contribution < -0.4 is 5.73 Å². The van der Waals surface area contributed by atoms with Crippen LogP contribution in [0.4, 0.5) is 0 Å². The van der Waals surface area contributed by atoms with Crippen molar-refractivity contribution in [1.29, 1.82) is 0 Å². The van der Waals surface area contributed by atoms with Crippen LogP contribution >= 0.6 is 0 Å². The highest BCUT2D eigenvalue weighted by Gasteiger charge is 1.76. The van der Waals surface area contributed by atoms with E-state index in [2.05, 4.69) is 4.99 Å². The highest BCUT2D eigenvalue weighted by atomic mass is 16.6. The van der Waals surface area contributed by atoms with E-state index in [1.165, 1.54) is 0 Å². The summed E-state index contributed by atoms with van der Waals surface area (Å²) in [7, 11) is 0. The summed E-state index contributed by atoms with van der Waals surface area (Å²) in [6.07, 6.45) is 2.80. The molecule has 0 aromatic rings. The molecule has 0 radical (unpaired) electrons. The van der Waals surface area contributed by atoms with Crippen LogP contribution in [0.5, 0.6) is 0 Å². The Bertz CT molecular complexity index is 128. The van der Waals surface area contributed by atoms with E-state index in [1.54, 1.807) is 0 Å². The highest BCUT2D eigenvalue weighted by molar-refractivity contribution is 5.44. The number of hydrogen-bond donors (Lipinski definition) is 1. The zero-order valence-electron chi connectivity index (χ0n) is 4.02. The third kappa shape index (κ3) is 4.61. The second kappa shape index (κ2) is 3.79. The molecule has 0 heterocycles. The van der Waals surface area contributed by atoms with E-state index in [1.807, 2.05) is 0 Å². The van der Waals surface area contributed by atoms with E-state index in [0.717, 1.165) is 12.4 Å². The molecule has 0 saturated carbocycles. The SMILES string of the molecule is N/C=C/N=C[N+](=O)[O-]. The lowest BCUT2D eigenvalue weighted by molar-refractivity contribution is -0.338. The molecule has 0 fully saturated rings. The molecule has 0 unspecified atom stereocenters. The van der Waals surface area contributed by atoms with Gasteiger partial charge in [-0.2, -0.15) is 0 Å². The summed E-state index contributed by atoms with van der Waals surface area (Å²) in [6.45, 7) is 0. The molecule has 0 aromatic heterocycles. The molecule has 8 heavy (non-hydrogen) atoms. The zero-order chi connectivity index (χ0) is 6.41. The minimum atomic E-state index is -0.667. The monoisotopic (exact) mass is 115 g/mol. The molecule has 2 N–H and O–H groups in total. The van der Waals surface area contributed by atoms with Gasteiger partial charge in [0.15, 0.2) is 6.20 Å². The summed E-state index contributed by atoms with van der Waals surface area (Å²) in [5, 5.41) is 9.46. The molecule has 0 spiro atoms. The van der Waals surface area contributed by atoms with E-state index in [0.29, 0.717) is 6.34 Å². The smallest absolute Gasteiger partial charge is 0.326 e. The van der Waals surface area contributed by atoms with E-state index in [4.69, 9.17) is 5.73 Å². The first-order chi connectivity index (χ1) is 3.77. The minimum Gasteiger partial charge on any atom is -0.402 e. The van der Waals surface area contributed by atoms with Crippen molar-refractivity contribution in [2.45, 2.75) is 0 Å². The van der Waals surface area contributed by atoms with Gasteiger partial charge in [0.05, 0.1) is 0 Å². The predicted molar refractivity (Wildman–Crippen MR) is 28.8 cm³/mol. The van der Waals surface area contributed by atoms with Crippen LogP contribution in [0.2, 0.25) is 0 Å². The number of hydrogen-bond acceptors (Lipinski definition) is 4. The van der Waals surface area contributed by atoms with Gasteiger partial charge in [0.2, 0.25) is 0 Å². The lowest BCUT2D eigenvalue weighted by Crippen LogP contribution is -1.90. The Morgan fingerprint density at radius 3 is 2.75 bits per heavy atom. The number of nitrogens with zero attached hydrogens (tertiary/aromatic N) is 2. The Balaban J connectivity index is 3.50. The molecule has 5 heteroatoms. The third-order valence-corrected chi connectivity index (χ3v) is 0.333. The van der Waals surface area contributed by atoms with Crippen molar-refractivity contribution < 1.29 is 4.92 Å². The summed E-state index contributed by atoms with van der Waals surface area (Å²) >= 11 is 0. The molecule has 0 aliphatic heterocycles. The molecule has 0 saturated heterocycles. The summed E-state index contributed by atoms with van der Waals surface area (Å²) in [6, 6.07) is 0. The largest absolute Gasteiger partial charge is 0.402 e. The van der Waals surface area contributed by atoms with Crippen molar-refractivity contribution >= 4 is 6.34 Å². The first kappa shape index (κ1) is 6.61. The maximum absolute atomic E-state index is 9.46. The van der Waals surface area contributed by atoms with Crippen molar-refractivity contribution in [3.8, 4) is 0 Å². The molecule has 0 aliphatic carbocycles. The van der Waals surface area contributed by atoms with Gasteiger partial charge in [0, 0.05) is 6.20 Å². The zero-order valence-corrected chi connectivity index (χ0v) is 4.02. The molecule has 0 rings (SSSR count). The van der Waals surface area contributed by atoms with E-state index in [9.17, 15) is 10.1 Å². The van der Waals surface area contributed by atoms with Gasteiger partial charge in [-0.1, -0.05) is 4.99 Å². The lowest BCUT2D eigenvalue weighted by atomic mass is 10.9. The molecule has 0 bridgehead atoms. The van der Waals surface area contributed by atoms with Crippen LogP contribution in [0.25, 0.3) is 0 Å². The Morgan fingerprint density at radius 1 is 1.75 bits per heavy atom. The van der Waals surface area contributed by atoms with Crippen molar-refractivity contribution in [3.63, 3.8) is 0 Å². The fourth-order valence-electron chi connectivity index (χ4n) is 0.143. The van der Waals surface area contributed by atoms with Crippen LogP contribution in [0.1, 0.15) is 0 Å². The Morgan fingerprint density at radius 2 is 2.38 bits per heavy atom. The second-order valence-corrected chi connectivity index (χ2v) is 0.891. The molecule has 0 atom stereocenters. The summed E-state index contributed by atoms with van der Waals surface area (Å²) in [5.74, 6) is 0. The maximum Gasteiger partial charge on any atom is 0.326 e. The predicted octanol–water partition coefficient (Wildman–Crippen LogP) is -0.279. The van der Waals surface area contributed by atoms with Crippen LogP contribution in [-0.2, 0) is 0 Å². The van der Waals surface area contributed by atoms with E-state index >= 15 is 0 Å². The van der Waals surface area contributed by atoms with Gasteiger partial charge in [-0.15, -0.1) is 0 Å². The van der Waals surface area contributed by atoms with Crippen molar-refractivity contribution in [3.05, 3.63) is 22.5 Å². The highest BCUT2D eigenvalue weighted by Crippen LogP contribution is 1.65. The quantitative estimate of drug-likeness (QED) is 0.232. The van der Waals surface area contributed by atoms with Gasteiger partial charge in [0.1, 0.15) is 0 Å². The van der Waals surface area contributed by atoms with Crippen LogP contribution in [0.3, 0.4) is 0 Å². The van der Waals surface area contributed by atoms with Crippen molar-refractivity contribution in [2.24, 2.45) is 10.7 Å². The summed E-state index contributed by atoms with van der Waals surface area (Å²) in [4.78, 5) is 11.9. The maximum atomic E-state index is 9.46. The summed E-state index contributed by atoms with van der Waals surface area (Å²) in [5.41, 5.74) is 4.80. The molecule has 5 nitrogen and oxygen atoms in total. The number of nitro groups is 1. The van der Waals surface area contributed by atoms with Crippen LogP contribution in [0, 0.1) is 10.1 Å². The van der Waals surface area contributed by atoms with E-state index < -0.39 is 4.92 Å². The van der Waals surface area contributed by atoms with Gasteiger partial charge in [0.25, 0.3) is 0 Å². The molecular formula is C3H5N3O2.